The molecule has 6 nitrogen and oxygen atoms in total. The Bertz CT molecular complexity index is 1000. The minimum atomic E-state index is -0.741. The van der Waals surface area contributed by atoms with Crippen LogP contribution in [0.5, 0.6) is 0 Å². The summed E-state index contributed by atoms with van der Waals surface area (Å²) in [6.45, 7) is 2.41. The van der Waals surface area contributed by atoms with Gasteiger partial charge in [0.05, 0.1) is 11.0 Å². The van der Waals surface area contributed by atoms with Gasteiger partial charge >= 0.3 is 11.1 Å². The molecule has 0 unspecified atom stereocenters. The molecule has 0 fully saturated rings. The van der Waals surface area contributed by atoms with Crippen molar-refractivity contribution in [1.82, 2.24) is 15.3 Å². The molecule has 0 atom stereocenters. The molecule has 0 radical (unpaired) electrons. The van der Waals surface area contributed by atoms with Crippen LogP contribution in [-0.4, -0.2) is 15.9 Å². The zero-order valence-electron chi connectivity index (χ0n) is 12.5. The maximum absolute atomic E-state index is 12.2. The summed E-state index contributed by atoms with van der Waals surface area (Å²) in [6, 6.07) is 12.5. The van der Waals surface area contributed by atoms with Crippen LogP contribution in [0.1, 0.15) is 21.5 Å². The van der Waals surface area contributed by atoms with E-state index in [1.807, 2.05) is 31.2 Å². The monoisotopic (exact) mass is 309 g/mol. The van der Waals surface area contributed by atoms with E-state index in [4.69, 9.17) is 0 Å². The van der Waals surface area contributed by atoms with Gasteiger partial charge < -0.3 is 15.3 Å². The van der Waals surface area contributed by atoms with Crippen LogP contribution in [0.2, 0.25) is 0 Å². The molecule has 0 saturated heterocycles. The number of nitrogens with one attached hydrogen (secondary N) is 3. The van der Waals surface area contributed by atoms with Gasteiger partial charge in [-0.15, -0.1) is 0 Å². The number of aromatic nitrogens is 2. The number of H-pyrrole nitrogens is 2. The van der Waals surface area contributed by atoms with Crippen molar-refractivity contribution in [2.45, 2.75) is 13.5 Å². The van der Waals surface area contributed by atoms with Crippen molar-refractivity contribution in [3.63, 3.8) is 0 Å². The molecule has 3 N–H and O–H groups in total. The fourth-order valence-electron chi connectivity index (χ4n) is 2.34. The summed E-state index contributed by atoms with van der Waals surface area (Å²) in [4.78, 5) is 39.8. The largest absolute Gasteiger partial charge is 0.348 e. The van der Waals surface area contributed by atoms with Gasteiger partial charge in [0, 0.05) is 12.1 Å². The lowest BCUT2D eigenvalue weighted by Crippen LogP contribution is -2.29. The second-order valence-corrected chi connectivity index (χ2v) is 5.28. The van der Waals surface area contributed by atoms with E-state index in [0.29, 0.717) is 23.1 Å². The number of carbonyl (C=O) groups excluding carboxylic acids is 1. The smallest absolute Gasteiger partial charge is 0.314 e. The lowest BCUT2D eigenvalue weighted by Gasteiger charge is -2.08. The first-order chi connectivity index (χ1) is 11.0. The van der Waals surface area contributed by atoms with Gasteiger partial charge in [-0.3, -0.25) is 14.4 Å². The van der Waals surface area contributed by atoms with E-state index in [1.165, 1.54) is 0 Å². The fourth-order valence-corrected chi connectivity index (χ4v) is 2.34. The van der Waals surface area contributed by atoms with Crippen LogP contribution in [0.15, 0.2) is 52.1 Å². The van der Waals surface area contributed by atoms with Crippen LogP contribution in [0.25, 0.3) is 11.0 Å². The number of rotatable bonds is 3. The molecule has 6 heteroatoms. The molecule has 0 aliphatic carbocycles. The standard InChI is InChI=1S/C17H15N3O3/c1-10-4-2-3-5-12(10)9-18-15(21)11-6-7-13-14(8-11)20-17(23)16(22)19-13/h2-8H,9H2,1H3,(H,18,21)(H,19,22)(H,20,23). The first-order valence-corrected chi connectivity index (χ1v) is 7.13. The van der Waals surface area contributed by atoms with E-state index in [9.17, 15) is 14.4 Å². The molecule has 116 valence electrons. The van der Waals surface area contributed by atoms with Crippen LogP contribution in [0.3, 0.4) is 0 Å². The number of carbonyl (C=O) groups is 1. The Labute approximate surface area is 131 Å². The Balaban J connectivity index is 1.84. The first kappa shape index (κ1) is 14.8. The van der Waals surface area contributed by atoms with Crippen LogP contribution in [0, 0.1) is 6.92 Å². The Hall–Kier alpha value is -3.15. The van der Waals surface area contributed by atoms with E-state index in [2.05, 4.69) is 15.3 Å². The van der Waals surface area contributed by atoms with Gasteiger partial charge in [-0.1, -0.05) is 24.3 Å². The molecular formula is C17H15N3O3. The normalized spacial score (nSPS) is 10.7. The molecule has 1 amide bonds. The number of hydrogen-bond donors (Lipinski definition) is 3. The molecule has 0 aliphatic heterocycles. The van der Waals surface area contributed by atoms with Crippen molar-refractivity contribution >= 4 is 16.9 Å². The number of amides is 1. The third kappa shape index (κ3) is 3.06. The average molecular weight is 309 g/mol. The molecule has 3 aromatic rings. The highest BCUT2D eigenvalue weighted by Crippen LogP contribution is 2.10. The van der Waals surface area contributed by atoms with Gasteiger partial charge in [-0.05, 0) is 36.2 Å². The molecule has 3 rings (SSSR count). The molecule has 1 heterocycles. The molecular weight excluding hydrogens is 294 g/mol. The van der Waals surface area contributed by atoms with E-state index in [0.717, 1.165) is 11.1 Å². The van der Waals surface area contributed by atoms with Gasteiger partial charge in [-0.25, -0.2) is 0 Å². The Morgan fingerprint density at radius 3 is 2.43 bits per heavy atom. The first-order valence-electron chi connectivity index (χ1n) is 7.13. The zero-order valence-corrected chi connectivity index (χ0v) is 12.5. The predicted molar refractivity (Wildman–Crippen MR) is 87.5 cm³/mol. The minimum absolute atomic E-state index is 0.248. The number of hydrogen-bond acceptors (Lipinski definition) is 3. The summed E-state index contributed by atoms with van der Waals surface area (Å²) in [5.74, 6) is -0.248. The van der Waals surface area contributed by atoms with Crippen LogP contribution < -0.4 is 16.4 Å². The molecule has 0 saturated carbocycles. The van der Waals surface area contributed by atoms with E-state index >= 15 is 0 Å². The Kier molecular flexibility index (Phi) is 3.80. The second-order valence-electron chi connectivity index (χ2n) is 5.28. The number of fused-ring (bicyclic) bond motifs is 1. The topological polar surface area (TPSA) is 94.8 Å². The van der Waals surface area contributed by atoms with Crippen molar-refractivity contribution in [2.24, 2.45) is 0 Å². The predicted octanol–water partition coefficient (Wildman–Crippen LogP) is 1.45. The van der Waals surface area contributed by atoms with Crippen LogP contribution >= 0.6 is 0 Å². The third-order valence-electron chi connectivity index (χ3n) is 3.69. The van der Waals surface area contributed by atoms with Crippen LogP contribution in [0.4, 0.5) is 0 Å². The lowest BCUT2D eigenvalue weighted by atomic mass is 10.1. The number of benzene rings is 2. The summed E-state index contributed by atoms with van der Waals surface area (Å²) >= 11 is 0. The molecule has 0 bridgehead atoms. The summed E-state index contributed by atoms with van der Waals surface area (Å²) < 4.78 is 0. The number of aromatic amines is 2. The molecule has 1 aromatic heterocycles. The van der Waals surface area contributed by atoms with Gasteiger partial charge in [0.1, 0.15) is 0 Å². The molecule has 0 aliphatic rings. The Morgan fingerprint density at radius 1 is 1.00 bits per heavy atom. The summed E-state index contributed by atoms with van der Waals surface area (Å²) in [5, 5.41) is 2.84. The van der Waals surface area contributed by atoms with E-state index in [1.54, 1.807) is 18.2 Å². The van der Waals surface area contributed by atoms with Gasteiger partial charge in [-0.2, -0.15) is 0 Å². The van der Waals surface area contributed by atoms with Crippen molar-refractivity contribution in [3.05, 3.63) is 79.9 Å². The molecule has 2 aromatic carbocycles. The number of aryl methyl sites for hydroxylation is 1. The summed E-state index contributed by atoms with van der Waals surface area (Å²) in [7, 11) is 0. The second kappa shape index (κ2) is 5.92. The third-order valence-corrected chi connectivity index (χ3v) is 3.69. The summed E-state index contributed by atoms with van der Waals surface area (Å²) in [6.07, 6.45) is 0. The molecule has 0 spiro atoms. The highest BCUT2D eigenvalue weighted by molar-refractivity contribution is 5.97. The average Bonchev–Trinajstić information content (AvgIpc) is 2.54. The fraction of sp³-hybridized carbons (Fsp3) is 0.118. The zero-order chi connectivity index (χ0) is 16.4. The van der Waals surface area contributed by atoms with Gasteiger partial charge in [0.25, 0.3) is 5.91 Å². The highest BCUT2D eigenvalue weighted by Gasteiger charge is 2.08. The quantitative estimate of drug-likeness (QED) is 0.639. The van der Waals surface area contributed by atoms with E-state index < -0.39 is 11.1 Å². The maximum atomic E-state index is 12.2. The van der Waals surface area contributed by atoms with Crippen LogP contribution in [-0.2, 0) is 6.54 Å². The van der Waals surface area contributed by atoms with E-state index in [-0.39, 0.29) is 5.91 Å². The van der Waals surface area contributed by atoms with Crippen molar-refractivity contribution in [3.8, 4) is 0 Å². The van der Waals surface area contributed by atoms with Gasteiger partial charge in [0.15, 0.2) is 0 Å². The SMILES string of the molecule is Cc1ccccc1CNC(=O)c1ccc2[nH]c(=O)c(=O)[nH]c2c1. The lowest BCUT2D eigenvalue weighted by molar-refractivity contribution is 0.0951. The van der Waals surface area contributed by atoms with Crippen molar-refractivity contribution in [2.75, 3.05) is 0 Å². The maximum Gasteiger partial charge on any atom is 0.314 e. The Morgan fingerprint density at radius 2 is 1.70 bits per heavy atom. The molecule has 23 heavy (non-hydrogen) atoms. The minimum Gasteiger partial charge on any atom is -0.348 e. The summed E-state index contributed by atoms with van der Waals surface area (Å²) in [5.41, 5.74) is 1.99. The van der Waals surface area contributed by atoms with Crippen molar-refractivity contribution < 1.29 is 4.79 Å². The van der Waals surface area contributed by atoms with Crippen molar-refractivity contribution in [1.29, 1.82) is 0 Å². The highest BCUT2D eigenvalue weighted by atomic mass is 16.2. The van der Waals surface area contributed by atoms with Gasteiger partial charge in [0.2, 0.25) is 0 Å².